The first kappa shape index (κ1) is 24.4. The zero-order valence-corrected chi connectivity index (χ0v) is 20.1. The molecule has 2 heterocycles. The molecule has 4 rings (SSSR count). The van der Waals surface area contributed by atoms with Gasteiger partial charge in [0.15, 0.2) is 12.4 Å². The van der Waals surface area contributed by atoms with Crippen molar-refractivity contribution >= 4 is 11.8 Å². The van der Waals surface area contributed by atoms with Gasteiger partial charge >= 0.3 is 0 Å². The smallest absolute Gasteiger partial charge is 0.261 e. The number of aromatic nitrogens is 3. The maximum Gasteiger partial charge on any atom is 0.261 e. The van der Waals surface area contributed by atoms with Gasteiger partial charge < -0.3 is 19.3 Å². The average Bonchev–Trinajstić information content (AvgIpc) is 3.41. The number of hydrogen-bond donors (Lipinski definition) is 1. The molecule has 0 spiro atoms. The number of rotatable bonds is 9. The molecule has 3 aromatic rings. The molecule has 0 aliphatic carbocycles. The van der Waals surface area contributed by atoms with Crippen molar-refractivity contribution in [3.8, 4) is 17.1 Å². The average molecular weight is 478 g/mol. The number of hydrogen-bond acceptors (Lipinski definition) is 6. The summed E-state index contributed by atoms with van der Waals surface area (Å²) in [6.45, 7) is 1.60. The number of para-hydroxylation sites is 1. The van der Waals surface area contributed by atoms with Gasteiger partial charge in [0, 0.05) is 38.4 Å². The molecule has 0 radical (unpaired) electrons. The van der Waals surface area contributed by atoms with Crippen molar-refractivity contribution in [1.29, 1.82) is 0 Å². The molecule has 9 nitrogen and oxygen atoms in total. The highest BCUT2D eigenvalue weighted by atomic mass is 16.5. The summed E-state index contributed by atoms with van der Waals surface area (Å²) in [4.78, 5) is 33.9. The second kappa shape index (κ2) is 11.6. The summed E-state index contributed by atoms with van der Waals surface area (Å²) in [5, 5.41) is 7.42. The van der Waals surface area contributed by atoms with Crippen LogP contribution in [0.2, 0.25) is 0 Å². The zero-order valence-electron chi connectivity index (χ0n) is 20.1. The number of amides is 2. The van der Waals surface area contributed by atoms with Gasteiger partial charge in [-0.2, -0.15) is 5.10 Å². The summed E-state index contributed by atoms with van der Waals surface area (Å²) < 4.78 is 10.7. The summed E-state index contributed by atoms with van der Waals surface area (Å²) in [5.41, 5.74) is 1.29. The number of nitrogens with one attached hydrogen (secondary N) is 1. The SMILES string of the molecule is COCCN(C)C(=O)c1cccc(-c2n[nH]c([C@H]3CCCCN3C(=O)COc3ccccc3)n2)c1. The van der Waals surface area contributed by atoms with Gasteiger partial charge in [-0.05, 0) is 43.5 Å². The van der Waals surface area contributed by atoms with Crippen molar-refractivity contribution in [1.82, 2.24) is 25.0 Å². The Morgan fingerprint density at radius 2 is 1.97 bits per heavy atom. The molecule has 184 valence electrons. The molecular weight excluding hydrogens is 446 g/mol. The minimum atomic E-state index is -0.193. The maximum atomic E-state index is 13.0. The number of likely N-dealkylation sites (N-methyl/N-ethyl adjacent to an activating group) is 1. The lowest BCUT2D eigenvalue weighted by atomic mass is 10.0. The van der Waals surface area contributed by atoms with E-state index in [1.807, 2.05) is 47.4 Å². The molecule has 1 fully saturated rings. The van der Waals surface area contributed by atoms with Crippen LogP contribution in [-0.4, -0.2) is 77.3 Å². The molecule has 1 aromatic heterocycles. The van der Waals surface area contributed by atoms with Gasteiger partial charge in [-0.25, -0.2) is 4.98 Å². The molecule has 35 heavy (non-hydrogen) atoms. The van der Waals surface area contributed by atoms with Crippen molar-refractivity contribution in [3.63, 3.8) is 0 Å². The normalized spacial score (nSPS) is 15.6. The molecular formula is C26H31N5O4. The van der Waals surface area contributed by atoms with Gasteiger partial charge in [-0.1, -0.05) is 30.3 Å². The van der Waals surface area contributed by atoms with Crippen LogP contribution in [0.4, 0.5) is 0 Å². The third-order valence-corrected chi connectivity index (χ3v) is 6.09. The highest BCUT2D eigenvalue weighted by molar-refractivity contribution is 5.95. The first-order chi connectivity index (χ1) is 17.1. The Bertz CT molecular complexity index is 1130. The predicted molar refractivity (Wildman–Crippen MR) is 131 cm³/mol. The topological polar surface area (TPSA) is 101 Å². The number of likely N-dealkylation sites (tertiary alicyclic amines) is 1. The number of benzene rings is 2. The molecule has 1 N–H and O–H groups in total. The Labute approximate surface area is 205 Å². The Morgan fingerprint density at radius 1 is 1.14 bits per heavy atom. The number of aromatic amines is 1. The standard InChI is InChI=1S/C26H31N5O4/c1-30(15-16-34-2)26(33)20-10-8-9-19(17-20)24-27-25(29-28-24)22-13-6-7-14-31(22)23(32)18-35-21-11-4-3-5-12-21/h3-5,8-12,17,22H,6-7,13-16,18H2,1-2H3,(H,27,28,29)/t22-/m1/s1. The number of nitrogens with zero attached hydrogens (tertiary/aromatic N) is 4. The number of H-pyrrole nitrogens is 1. The van der Waals surface area contributed by atoms with E-state index in [0.717, 1.165) is 24.8 Å². The lowest BCUT2D eigenvalue weighted by Crippen LogP contribution is -2.41. The van der Waals surface area contributed by atoms with Crippen molar-refractivity contribution in [3.05, 3.63) is 66.0 Å². The van der Waals surface area contributed by atoms with Crippen molar-refractivity contribution in [2.24, 2.45) is 0 Å². The first-order valence-electron chi connectivity index (χ1n) is 11.8. The van der Waals surface area contributed by atoms with Crippen LogP contribution in [0.5, 0.6) is 5.75 Å². The van der Waals surface area contributed by atoms with Crippen LogP contribution >= 0.6 is 0 Å². The lowest BCUT2D eigenvalue weighted by Gasteiger charge is -2.34. The molecule has 0 bridgehead atoms. The van der Waals surface area contributed by atoms with E-state index < -0.39 is 0 Å². The monoisotopic (exact) mass is 477 g/mol. The highest BCUT2D eigenvalue weighted by Gasteiger charge is 2.31. The number of methoxy groups -OCH3 is 1. The fourth-order valence-corrected chi connectivity index (χ4v) is 4.15. The summed E-state index contributed by atoms with van der Waals surface area (Å²) in [6.07, 6.45) is 2.74. The van der Waals surface area contributed by atoms with Crippen LogP contribution in [0.25, 0.3) is 11.4 Å². The van der Waals surface area contributed by atoms with Crippen LogP contribution in [0.15, 0.2) is 54.6 Å². The summed E-state index contributed by atoms with van der Waals surface area (Å²) >= 11 is 0. The molecule has 1 saturated heterocycles. The van der Waals surface area contributed by atoms with Gasteiger partial charge in [0.1, 0.15) is 11.6 Å². The summed E-state index contributed by atoms with van der Waals surface area (Å²) in [7, 11) is 3.35. The van der Waals surface area contributed by atoms with E-state index in [1.54, 1.807) is 31.2 Å². The van der Waals surface area contributed by atoms with E-state index in [0.29, 0.717) is 42.7 Å². The second-order valence-electron chi connectivity index (χ2n) is 8.55. The van der Waals surface area contributed by atoms with Crippen LogP contribution in [0.1, 0.15) is 41.5 Å². The van der Waals surface area contributed by atoms with Crippen LogP contribution < -0.4 is 4.74 Å². The Balaban J connectivity index is 1.46. The Kier molecular flexibility index (Phi) is 8.10. The van der Waals surface area contributed by atoms with Crippen LogP contribution in [0, 0.1) is 0 Å². The van der Waals surface area contributed by atoms with E-state index in [1.165, 1.54) is 0 Å². The van der Waals surface area contributed by atoms with Crippen molar-refractivity contribution in [2.45, 2.75) is 25.3 Å². The van der Waals surface area contributed by atoms with E-state index in [-0.39, 0.29) is 24.5 Å². The minimum absolute atomic E-state index is 0.0255. The third-order valence-electron chi connectivity index (χ3n) is 6.09. The van der Waals surface area contributed by atoms with Gasteiger partial charge in [0.25, 0.3) is 11.8 Å². The largest absolute Gasteiger partial charge is 0.484 e. The molecule has 2 amide bonds. The number of carbonyl (C=O) groups is 2. The van der Waals surface area contributed by atoms with E-state index in [4.69, 9.17) is 14.5 Å². The minimum Gasteiger partial charge on any atom is -0.484 e. The highest BCUT2D eigenvalue weighted by Crippen LogP contribution is 2.30. The van der Waals surface area contributed by atoms with Gasteiger partial charge in [0.2, 0.25) is 0 Å². The lowest BCUT2D eigenvalue weighted by molar-refractivity contribution is -0.137. The molecule has 0 saturated carbocycles. The summed E-state index contributed by atoms with van der Waals surface area (Å²) in [6, 6.07) is 16.4. The van der Waals surface area contributed by atoms with Gasteiger partial charge in [0.05, 0.1) is 12.6 Å². The number of piperidine rings is 1. The molecule has 1 aliphatic heterocycles. The quantitative estimate of drug-likeness (QED) is 0.507. The van der Waals surface area contributed by atoms with Gasteiger partial charge in [-0.3, -0.25) is 14.7 Å². The Morgan fingerprint density at radius 3 is 2.77 bits per heavy atom. The van der Waals surface area contributed by atoms with Crippen LogP contribution in [0.3, 0.4) is 0 Å². The maximum absolute atomic E-state index is 13.0. The van der Waals surface area contributed by atoms with E-state index >= 15 is 0 Å². The van der Waals surface area contributed by atoms with Crippen molar-refractivity contribution in [2.75, 3.05) is 40.5 Å². The van der Waals surface area contributed by atoms with E-state index in [9.17, 15) is 9.59 Å². The zero-order chi connectivity index (χ0) is 24.6. The first-order valence-corrected chi connectivity index (χ1v) is 11.8. The fraction of sp³-hybridized carbons (Fsp3) is 0.385. The van der Waals surface area contributed by atoms with E-state index in [2.05, 4.69) is 10.2 Å². The number of carbonyl (C=O) groups excluding carboxylic acids is 2. The second-order valence-corrected chi connectivity index (χ2v) is 8.55. The molecule has 1 aliphatic rings. The van der Waals surface area contributed by atoms with Crippen molar-refractivity contribution < 1.29 is 19.1 Å². The molecule has 1 atom stereocenters. The third kappa shape index (κ3) is 6.05. The van der Waals surface area contributed by atoms with Gasteiger partial charge in [-0.15, -0.1) is 0 Å². The number of ether oxygens (including phenoxy) is 2. The molecule has 0 unspecified atom stereocenters. The predicted octanol–water partition coefficient (Wildman–Crippen LogP) is 3.32. The summed E-state index contributed by atoms with van der Waals surface area (Å²) in [5.74, 6) is 1.62. The molecule has 2 aromatic carbocycles. The Hall–Kier alpha value is -3.72. The fourth-order valence-electron chi connectivity index (χ4n) is 4.15. The molecule has 9 heteroatoms. The van der Waals surface area contributed by atoms with Crippen LogP contribution in [-0.2, 0) is 9.53 Å².